The Balaban J connectivity index is 1.36. The van der Waals surface area contributed by atoms with Gasteiger partial charge in [0.05, 0.1) is 34.0 Å². The van der Waals surface area contributed by atoms with Gasteiger partial charge in [-0.1, -0.05) is 35.3 Å². The van der Waals surface area contributed by atoms with Crippen LogP contribution in [-0.2, 0) is 0 Å². The van der Waals surface area contributed by atoms with Crippen LogP contribution in [0.25, 0.3) is 22.6 Å². The number of oxazole rings is 1. The number of fused-ring (bicyclic) bond motifs is 1. The second-order valence-electron chi connectivity index (χ2n) is 7.83. The molecule has 37 heavy (non-hydrogen) atoms. The molecule has 184 valence electrons. The van der Waals surface area contributed by atoms with Crippen LogP contribution in [0.4, 0.5) is 5.69 Å². The van der Waals surface area contributed by atoms with E-state index in [9.17, 15) is 4.79 Å². The number of halogens is 3. The lowest BCUT2D eigenvalue weighted by Crippen LogP contribution is -2.10. The summed E-state index contributed by atoms with van der Waals surface area (Å²) < 4.78 is 17.9. The molecule has 5 rings (SSSR count). The van der Waals surface area contributed by atoms with E-state index in [0.29, 0.717) is 38.5 Å². The van der Waals surface area contributed by atoms with Gasteiger partial charge in [0.25, 0.3) is 0 Å². The Labute approximate surface area is 236 Å². The number of rotatable bonds is 6. The van der Waals surface area contributed by atoms with Gasteiger partial charge >= 0.3 is 5.97 Å². The predicted octanol–water partition coefficient (Wildman–Crippen LogP) is 8.38. The van der Waals surface area contributed by atoms with E-state index in [-0.39, 0.29) is 11.3 Å². The molecular formula is C28H17Cl2IN2O4. The van der Waals surface area contributed by atoms with Gasteiger partial charge in [-0.25, -0.2) is 9.78 Å². The molecule has 0 fully saturated rings. The number of aliphatic imine (C=N–C) groups is 1. The Morgan fingerprint density at radius 2 is 1.81 bits per heavy atom. The second-order valence-corrected chi connectivity index (χ2v) is 9.89. The van der Waals surface area contributed by atoms with Crippen molar-refractivity contribution >= 4 is 74.8 Å². The molecule has 6 nitrogen and oxygen atoms in total. The van der Waals surface area contributed by atoms with Crippen LogP contribution in [-0.4, -0.2) is 24.3 Å². The van der Waals surface area contributed by atoms with Crippen LogP contribution in [0.3, 0.4) is 0 Å². The number of nitrogens with zero attached hydrogens (tertiary/aromatic N) is 2. The first-order chi connectivity index (χ1) is 17.9. The Kier molecular flexibility index (Phi) is 7.45. The zero-order valence-electron chi connectivity index (χ0n) is 19.2. The van der Waals surface area contributed by atoms with Crippen LogP contribution in [0.2, 0.25) is 10.0 Å². The number of methoxy groups -OCH3 is 1. The van der Waals surface area contributed by atoms with Crippen molar-refractivity contribution in [3.05, 3.63) is 104 Å². The number of carbonyl (C=O) groups excluding carboxylic acids is 1. The molecule has 0 unspecified atom stereocenters. The zero-order valence-corrected chi connectivity index (χ0v) is 22.9. The number of carbonyl (C=O) groups is 1. The van der Waals surface area contributed by atoms with Crippen LogP contribution in [0.1, 0.15) is 15.9 Å². The molecule has 0 amide bonds. The van der Waals surface area contributed by atoms with Crippen LogP contribution in [0.5, 0.6) is 11.5 Å². The highest BCUT2D eigenvalue weighted by Crippen LogP contribution is 2.33. The monoisotopic (exact) mass is 642 g/mol. The van der Waals surface area contributed by atoms with Crippen LogP contribution >= 0.6 is 45.8 Å². The quantitative estimate of drug-likeness (QED) is 0.0805. The van der Waals surface area contributed by atoms with E-state index in [1.165, 1.54) is 7.11 Å². The van der Waals surface area contributed by atoms with Gasteiger partial charge in [0.15, 0.2) is 17.1 Å². The molecule has 0 saturated heterocycles. The minimum Gasteiger partial charge on any atom is -0.493 e. The molecule has 1 aromatic heterocycles. The lowest BCUT2D eigenvalue weighted by Gasteiger charge is -2.10. The standard InChI is InChI=1S/C28H17Cl2IN2O4/c1-35-26-12-16(6-10-25(26)37-28(34)19-4-2-3-5-21(19)29)15-32-18-8-11-24-23(14-18)33-27(36-24)20-13-17(31)7-9-22(20)30/h2-15H,1H3. The summed E-state index contributed by atoms with van der Waals surface area (Å²) in [7, 11) is 1.50. The zero-order chi connectivity index (χ0) is 25.9. The van der Waals surface area contributed by atoms with Crippen molar-refractivity contribution in [1.29, 1.82) is 0 Å². The van der Waals surface area contributed by atoms with Gasteiger partial charge in [0.2, 0.25) is 5.89 Å². The molecule has 0 radical (unpaired) electrons. The van der Waals surface area contributed by atoms with Gasteiger partial charge in [-0.3, -0.25) is 4.99 Å². The number of benzene rings is 4. The van der Waals surface area contributed by atoms with E-state index in [4.69, 9.17) is 37.1 Å². The first kappa shape index (κ1) is 25.3. The average Bonchev–Trinajstić information content (AvgIpc) is 3.33. The van der Waals surface area contributed by atoms with Gasteiger partial charge in [-0.05, 0) is 94.9 Å². The van der Waals surface area contributed by atoms with Gasteiger partial charge in [-0.2, -0.15) is 0 Å². The summed E-state index contributed by atoms with van der Waals surface area (Å²) in [6.45, 7) is 0. The highest BCUT2D eigenvalue weighted by atomic mass is 127. The lowest BCUT2D eigenvalue weighted by atomic mass is 10.2. The third kappa shape index (κ3) is 5.64. The summed E-state index contributed by atoms with van der Waals surface area (Å²) in [6.07, 6.45) is 1.68. The maximum absolute atomic E-state index is 12.5. The Morgan fingerprint density at radius 1 is 0.973 bits per heavy atom. The Morgan fingerprint density at radius 3 is 2.62 bits per heavy atom. The third-order valence-corrected chi connectivity index (χ3v) is 6.71. The van der Waals surface area contributed by atoms with Crippen molar-refractivity contribution in [2.45, 2.75) is 0 Å². The molecule has 0 aliphatic heterocycles. The Hall–Kier alpha value is -3.40. The fraction of sp³-hybridized carbons (Fsp3) is 0.0357. The maximum Gasteiger partial charge on any atom is 0.345 e. The van der Waals surface area contributed by atoms with Crippen LogP contribution in [0, 0.1) is 3.57 Å². The van der Waals surface area contributed by atoms with E-state index >= 15 is 0 Å². The van der Waals surface area contributed by atoms with Gasteiger partial charge in [0.1, 0.15) is 5.52 Å². The van der Waals surface area contributed by atoms with Crippen molar-refractivity contribution in [2.75, 3.05) is 7.11 Å². The molecule has 1 heterocycles. The number of aromatic nitrogens is 1. The number of hydrogen-bond donors (Lipinski definition) is 0. The first-order valence-corrected chi connectivity index (χ1v) is 12.8. The molecule has 0 N–H and O–H groups in total. The number of esters is 1. The molecule has 5 aromatic rings. The smallest absolute Gasteiger partial charge is 0.345 e. The predicted molar refractivity (Wildman–Crippen MR) is 154 cm³/mol. The topological polar surface area (TPSA) is 73.9 Å². The average molecular weight is 643 g/mol. The van der Waals surface area contributed by atoms with Crippen molar-refractivity contribution < 1.29 is 18.7 Å². The molecule has 0 atom stereocenters. The van der Waals surface area contributed by atoms with Crippen molar-refractivity contribution in [1.82, 2.24) is 4.98 Å². The van der Waals surface area contributed by atoms with E-state index in [2.05, 4.69) is 32.6 Å². The summed E-state index contributed by atoms with van der Waals surface area (Å²) in [4.78, 5) is 21.7. The highest BCUT2D eigenvalue weighted by Gasteiger charge is 2.16. The maximum atomic E-state index is 12.5. The molecule has 0 saturated carbocycles. The molecule has 9 heteroatoms. The molecule has 0 bridgehead atoms. The minimum absolute atomic E-state index is 0.271. The van der Waals surface area contributed by atoms with E-state index < -0.39 is 5.97 Å². The number of ether oxygens (including phenoxy) is 2. The summed E-state index contributed by atoms with van der Waals surface area (Å²) in [6, 6.07) is 23.0. The highest BCUT2D eigenvalue weighted by molar-refractivity contribution is 14.1. The summed E-state index contributed by atoms with van der Waals surface area (Å²) in [5.41, 5.74) is 3.74. The number of hydrogen-bond acceptors (Lipinski definition) is 6. The van der Waals surface area contributed by atoms with E-state index in [1.807, 2.05) is 36.4 Å². The van der Waals surface area contributed by atoms with Gasteiger partial charge < -0.3 is 13.9 Å². The van der Waals surface area contributed by atoms with Gasteiger partial charge in [-0.15, -0.1) is 0 Å². The third-order valence-electron chi connectivity index (χ3n) is 5.38. The fourth-order valence-corrected chi connectivity index (χ4v) is 4.45. The molecule has 0 aliphatic carbocycles. The minimum atomic E-state index is -0.572. The molecule has 4 aromatic carbocycles. The summed E-state index contributed by atoms with van der Waals surface area (Å²) >= 11 is 14.7. The molecule has 0 aliphatic rings. The van der Waals surface area contributed by atoms with Crippen molar-refractivity contribution in [3.8, 4) is 23.0 Å². The normalized spacial score (nSPS) is 11.2. The van der Waals surface area contributed by atoms with Gasteiger partial charge in [0, 0.05) is 9.78 Å². The molecular weight excluding hydrogens is 626 g/mol. The first-order valence-electron chi connectivity index (χ1n) is 11.0. The lowest BCUT2D eigenvalue weighted by molar-refractivity contribution is 0.0730. The summed E-state index contributed by atoms with van der Waals surface area (Å²) in [5, 5.41) is 0.883. The molecule has 0 spiro atoms. The largest absolute Gasteiger partial charge is 0.493 e. The fourth-order valence-electron chi connectivity index (χ4n) is 3.55. The van der Waals surface area contributed by atoms with E-state index in [0.717, 1.165) is 14.7 Å². The second kappa shape index (κ2) is 10.9. The SMILES string of the molecule is COc1cc(C=Nc2ccc3oc(-c4cc(I)ccc4Cl)nc3c2)ccc1OC(=O)c1ccccc1Cl. The van der Waals surface area contributed by atoms with Crippen LogP contribution in [0.15, 0.2) is 88.3 Å². The van der Waals surface area contributed by atoms with E-state index in [1.54, 1.807) is 48.7 Å². The van der Waals surface area contributed by atoms with Crippen molar-refractivity contribution in [2.24, 2.45) is 4.99 Å². The summed E-state index contributed by atoms with van der Waals surface area (Å²) in [5.74, 6) is 0.536. The van der Waals surface area contributed by atoms with Crippen LogP contribution < -0.4 is 9.47 Å². The van der Waals surface area contributed by atoms with Crippen molar-refractivity contribution in [3.63, 3.8) is 0 Å². The Bertz CT molecular complexity index is 1670.